The Labute approximate surface area is 135 Å². The van der Waals surface area contributed by atoms with Crippen LogP contribution in [0, 0.1) is 11.2 Å². The lowest BCUT2D eigenvalue weighted by molar-refractivity contribution is 0.585. The highest BCUT2D eigenvalue weighted by atomic mass is 32.2. The second-order valence-electron chi connectivity index (χ2n) is 6.12. The average molecular weight is 324 g/mol. The van der Waals surface area contributed by atoms with Crippen molar-refractivity contribution in [2.24, 2.45) is 10.4 Å². The third kappa shape index (κ3) is 4.62. The first-order chi connectivity index (χ1) is 9.90. The quantitative estimate of drug-likeness (QED) is 0.647. The van der Waals surface area contributed by atoms with Crippen LogP contribution in [0.5, 0.6) is 0 Å². The SMILES string of the molecule is CCCSC1=C(Sc2cccc(F)c2)N=C(C(C)(C)C)C1. The van der Waals surface area contributed by atoms with Gasteiger partial charge in [-0.2, -0.15) is 0 Å². The lowest BCUT2D eigenvalue weighted by Crippen LogP contribution is -2.18. The summed E-state index contributed by atoms with van der Waals surface area (Å²) in [5.74, 6) is 0.913. The Morgan fingerprint density at radius 3 is 2.67 bits per heavy atom. The van der Waals surface area contributed by atoms with E-state index in [0.717, 1.165) is 28.5 Å². The summed E-state index contributed by atoms with van der Waals surface area (Å²) >= 11 is 3.46. The maximum Gasteiger partial charge on any atom is 0.124 e. The van der Waals surface area contributed by atoms with Crippen molar-refractivity contribution in [1.29, 1.82) is 0 Å². The number of allylic oxidation sites excluding steroid dienone is 1. The molecular formula is C17H22FNS2. The van der Waals surface area contributed by atoms with E-state index in [4.69, 9.17) is 4.99 Å². The molecule has 4 heteroatoms. The number of hydrogen-bond acceptors (Lipinski definition) is 3. The fourth-order valence-corrected chi connectivity index (χ4v) is 3.99. The maximum atomic E-state index is 13.3. The first-order valence-corrected chi connectivity index (χ1v) is 9.07. The highest BCUT2D eigenvalue weighted by molar-refractivity contribution is 8.06. The zero-order chi connectivity index (χ0) is 15.5. The lowest BCUT2D eigenvalue weighted by Gasteiger charge is -2.18. The molecule has 0 saturated heterocycles. The van der Waals surface area contributed by atoms with Gasteiger partial charge in [0.05, 0.1) is 0 Å². The van der Waals surface area contributed by atoms with E-state index in [1.54, 1.807) is 23.9 Å². The van der Waals surface area contributed by atoms with E-state index in [2.05, 4.69) is 27.7 Å². The van der Waals surface area contributed by atoms with Crippen molar-refractivity contribution in [3.05, 3.63) is 40.0 Å². The van der Waals surface area contributed by atoms with Crippen molar-refractivity contribution in [3.8, 4) is 0 Å². The van der Waals surface area contributed by atoms with E-state index in [9.17, 15) is 4.39 Å². The minimum atomic E-state index is -0.193. The van der Waals surface area contributed by atoms with Gasteiger partial charge in [-0.3, -0.25) is 0 Å². The van der Waals surface area contributed by atoms with Gasteiger partial charge in [0.2, 0.25) is 0 Å². The molecule has 0 spiro atoms. The molecule has 0 fully saturated rings. The molecule has 0 amide bonds. The molecule has 1 aromatic carbocycles. The molecule has 0 atom stereocenters. The zero-order valence-electron chi connectivity index (χ0n) is 13.1. The largest absolute Gasteiger partial charge is 0.249 e. The van der Waals surface area contributed by atoms with Gasteiger partial charge in [-0.05, 0) is 30.4 Å². The van der Waals surface area contributed by atoms with Gasteiger partial charge in [0, 0.05) is 27.3 Å². The van der Waals surface area contributed by atoms with E-state index in [1.807, 2.05) is 17.8 Å². The molecule has 1 nitrogen and oxygen atoms in total. The molecule has 1 aliphatic heterocycles. The minimum Gasteiger partial charge on any atom is -0.249 e. The fourth-order valence-electron chi connectivity index (χ4n) is 1.94. The molecule has 1 aliphatic rings. The fraction of sp³-hybridized carbons (Fsp3) is 0.471. The summed E-state index contributed by atoms with van der Waals surface area (Å²) in [7, 11) is 0. The van der Waals surface area contributed by atoms with Crippen LogP contribution >= 0.6 is 23.5 Å². The monoisotopic (exact) mass is 323 g/mol. The van der Waals surface area contributed by atoms with Crippen molar-refractivity contribution in [2.75, 3.05) is 5.75 Å². The summed E-state index contributed by atoms with van der Waals surface area (Å²) in [6.07, 6.45) is 2.09. The van der Waals surface area contributed by atoms with Crippen molar-refractivity contribution < 1.29 is 4.39 Å². The van der Waals surface area contributed by atoms with Gasteiger partial charge in [0.15, 0.2) is 0 Å². The van der Waals surface area contributed by atoms with Gasteiger partial charge < -0.3 is 0 Å². The standard InChI is InChI=1S/C17H22FNS2/c1-5-9-20-14-11-15(17(2,3)4)19-16(14)21-13-8-6-7-12(18)10-13/h6-8,10H,5,9,11H2,1-4H3. The summed E-state index contributed by atoms with van der Waals surface area (Å²) in [6.45, 7) is 8.78. The Bertz CT molecular complexity index is 570. The van der Waals surface area contributed by atoms with Gasteiger partial charge in [-0.25, -0.2) is 9.38 Å². The van der Waals surface area contributed by atoms with Crippen molar-refractivity contribution in [1.82, 2.24) is 0 Å². The van der Waals surface area contributed by atoms with Crippen LogP contribution in [-0.2, 0) is 0 Å². The number of aliphatic imine (C=N–C) groups is 1. The number of hydrogen-bond donors (Lipinski definition) is 0. The van der Waals surface area contributed by atoms with Gasteiger partial charge in [-0.1, -0.05) is 45.5 Å². The predicted octanol–water partition coefficient (Wildman–Crippen LogP) is 6.12. The predicted molar refractivity (Wildman–Crippen MR) is 93.5 cm³/mol. The molecule has 114 valence electrons. The molecule has 0 bridgehead atoms. The average Bonchev–Trinajstić information content (AvgIpc) is 2.79. The lowest BCUT2D eigenvalue weighted by atomic mass is 9.89. The highest BCUT2D eigenvalue weighted by Crippen LogP contribution is 2.42. The van der Waals surface area contributed by atoms with Gasteiger partial charge in [0.25, 0.3) is 0 Å². The summed E-state index contributed by atoms with van der Waals surface area (Å²) in [6, 6.07) is 6.74. The number of halogens is 1. The Morgan fingerprint density at radius 2 is 2.05 bits per heavy atom. The molecule has 2 rings (SSSR count). The molecular weight excluding hydrogens is 301 g/mol. The maximum absolute atomic E-state index is 13.3. The smallest absolute Gasteiger partial charge is 0.124 e. The van der Waals surface area contributed by atoms with Crippen molar-refractivity contribution in [2.45, 2.75) is 45.4 Å². The Kier molecular flexibility index (Phi) is 5.55. The molecule has 1 aromatic rings. The zero-order valence-corrected chi connectivity index (χ0v) is 14.7. The topological polar surface area (TPSA) is 12.4 Å². The van der Waals surface area contributed by atoms with E-state index in [-0.39, 0.29) is 11.2 Å². The Balaban J connectivity index is 2.22. The number of nitrogens with zero attached hydrogens (tertiary/aromatic N) is 1. The third-order valence-electron chi connectivity index (χ3n) is 3.16. The van der Waals surface area contributed by atoms with Crippen LogP contribution in [0.25, 0.3) is 0 Å². The van der Waals surface area contributed by atoms with E-state index < -0.39 is 0 Å². The molecule has 0 radical (unpaired) electrons. The van der Waals surface area contributed by atoms with E-state index in [0.29, 0.717) is 0 Å². The molecule has 0 aromatic heterocycles. The molecule has 0 aliphatic carbocycles. The summed E-state index contributed by atoms with van der Waals surface area (Å²) in [4.78, 5) is 7.08. The van der Waals surface area contributed by atoms with Crippen molar-refractivity contribution >= 4 is 29.2 Å². The van der Waals surface area contributed by atoms with E-state index in [1.165, 1.54) is 16.7 Å². The van der Waals surface area contributed by atoms with Crippen LogP contribution in [0.2, 0.25) is 0 Å². The molecule has 0 saturated carbocycles. The number of thioether (sulfide) groups is 2. The van der Waals surface area contributed by atoms with Gasteiger partial charge in [-0.15, -0.1) is 11.8 Å². The summed E-state index contributed by atoms with van der Waals surface area (Å²) in [5, 5.41) is 1.05. The van der Waals surface area contributed by atoms with Crippen LogP contribution in [0.3, 0.4) is 0 Å². The Morgan fingerprint density at radius 1 is 1.29 bits per heavy atom. The molecule has 21 heavy (non-hydrogen) atoms. The number of rotatable bonds is 5. The molecule has 1 heterocycles. The van der Waals surface area contributed by atoms with Gasteiger partial charge >= 0.3 is 0 Å². The second-order valence-corrected chi connectivity index (χ2v) is 8.37. The minimum absolute atomic E-state index is 0.0856. The summed E-state index contributed by atoms with van der Waals surface area (Å²) in [5.41, 5.74) is 1.31. The third-order valence-corrected chi connectivity index (χ3v) is 5.61. The van der Waals surface area contributed by atoms with Crippen LogP contribution in [0.4, 0.5) is 4.39 Å². The Hall–Kier alpha value is -0.740. The van der Waals surface area contributed by atoms with Crippen LogP contribution in [0.15, 0.2) is 44.1 Å². The highest BCUT2D eigenvalue weighted by Gasteiger charge is 2.27. The second kappa shape index (κ2) is 7.01. The van der Waals surface area contributed by atoms with Crippen LogP contribution < -0.4 is 0 Å². The first kappa shape index (κ1) is 16.6. The van der Waals surface area contributed by atoms with Crippen molar-refractivity contribution in [3.63, 3.8) is 0 Å². The molecule has 0 unspecified atom stereocenters. The molecule has 0 N–H and O–H groups in total. The van der Waals surface area contributed by atoms with Crippen LogP contribution in [-0.4, -0.2) is 11.5 Å². The van der Waals surface area contributed by atoms with E-state index >= 15 is 0 Å². The summed E-state index contributed by atoms with van der Waals surface area (Å²) < 4.78 is 13.3. The van der Waals surface area contributed by atoms with Gasteiger partial charge in [0.1, 0.15) is 10.8 Å². The number of benzene rings is 1. The first-order valence-electron chi connectivity index (χ1n) is 7.27. The van der Waals surface area contributed by atoms with Crippen LogP contribution in [0.1, 0.15) is 40.5 Å². The normalized spacial score (nSPS) is 15.6.